The van der Waals surface area contributed by atoms with Crippen LogP contribution in [0.15, 0.2) is 24.3 Å². The summed E-state index contributed by atoms with van der Waals surface area (Å²) in [5.41, 5.74) is 3.05. The Hall–Kier alpha value is -0.820. The summed E-state index contributed by atoms with van der Waals surface area (Å²) >= 11 is 0. The van der Waals surface area contributed by atoms with Crippen LogP contribution in [0, 0.1) is 0 Å². The smallest absolute Gasteiger partial charge is 0.0825 e. The van der Waals surface area contributed by atoms with Gasteiger partial charge in [-0.05, 0) is 24.0 Å². The van der Waals surface area contributed by atoms with Crippen LogP contribution in [0.4, 0.5) is 0 Å². The minimum absolute atomic E-state index is 1.24. The van der Waals surface area contributed by atoms with E-state index in [4.69, 9.17) is 0 Å². The molecule has 22 heavy (non-hydrogen) atoms. The van der Waals surface area contributed by atoms with E-state index in [9.17, 15) is 0 Å². The van der Waals surface area contributed by atoms with E-state index < -0.39 is 0 Å². The summed E-state index contributed by atoms with van der Waals surface area (Å²) in [7, 11) is 2.43. The average Bonchev–Trinajstić information content (AvgIpc) is 2.97. The Morgan fingerprint density at radius 1 is 0.773 bits per heavy atom. The zero-order chi connectivity index (χ0) is 15.7. The first-order valence-corrected chi connectivity index (χ1v) is 9.63. The van der Waals surface area contributed by atoms with Gasteiger partial charge in [-0.15, -0.1) is 0 Å². The minimum Gasteiger partial charge on any atom is -0.326 e. The molecular weight excluding hydrogens is 266 g/mol. The molecule has 0 saturated carbocycles. The van der Waals surface area contributed by atoms with E-state index in [-0.39, 0.29) is 0 Å². The predicted molar refractivity (Wildman–Crippen MR) is 97.2 cm³/mol. The molecule has 1 aromatic rings. The zero-order valence-corrected chi connectivity index (χ0v) is 14.9. The van der Waals surface area contributed by atoms with Gasteiger partial charge in [-0.2, -0.15) is 0 Å². The molecule has 0 aliphatic carbocycles. The number of benzene rings is 1. The summed E-state index contributed by atoms with van der Waals surface area (Å²) in [4.78, 5) is 0. The maximum atomic E-state index is 2.43. The largest absolute Gasteiger partial charge is 0.326 e. The number of likely N-dealkylation sites (N-methyl/N-ethyl adjacent to an activating group) is 1. The van der Waals surface area contributed by atoms with Crippen molar-refractivity contribution in [1.29, 1.82) is 0 Å². The Bertz CT molecular complexity index is 400. The number of hydrogen-bond acceptors (Lipinski definition) is 0. The first-order valence-electron chi connectivity index (χ1n) is 9.63. The molecule has 2 rings (SSSR count). The molecule has 0 atom stereocenters. The van der Waals surface area contributed by atoms with Crippen molar-refractivity contribution < 1.29 is 4.48 Å². The van der Waals surface area contributed by atoms with Gasteiger partial charge in [-0.25, -0.2) is 0 Å². The molecule has 124 valence electrons. The fourth-order valence-electron chi connectivity index (χ4n) is 3.70. The lowest BCUT2D eigenvalue weighted by Gasteiger charge is -2.29. The lowest BCUT2D eigenvalue weighted by molar-refractivity contribution is -0.897. The number of nitrogens with zero attached hydrogens (tertiary/aromatic N) is 1. The monoisotopic (exact) mass is 302 g/mol. The summed E-state index contributed by atoms with van der Waals surface area (Å²) in [6.45, 7) is 6.37. The molecule has 0 radical (unpaired) electrons. The maximum absolute atomic E-state index is 2.43. The first-order chi connectivity index (χ1) is 10.7. The number of likely N-dealkylation sites (tertiary alicyclic amines) is 1. The standard InChI is InChI=1S/C21H36N/c1-3-4-5-6-7-8-11-20-12-14-21(15-13-20)16-19-22(2)17-9-10-18-22/h12-15H,3-11,16-19H2,1-2H3/q+1. The predicted octanol–water partition coefficient (Wildman–Crippen LogP) is 5.37. The Balaban J connectivity index is 1.64. The van der Waals surface area contributed by atoms with Crippen molar-refractivity contribution in [2.45, 2.75) is 71.1 Å². The molecule has 1 aliphatic rings. The van der Waals surface area contributed by atoms with Gasteiger partial charge in [0.15, 0.2) is 0 Å². The third-order valence-electron chi connectivity index (χ3n) is 5.43. The van der Waals surface area contributed by atoms with Crippen LogP contribution in [-0.2, 0) is 12.8 Å². The number of unbranched alkanes of at least 4 members (excludes halogenated alkanes) is 5. The molecule has 0 amide bonds. The Morgan fingerprint density at radius 3 is 1.95 bits per heavy atom. The topological polar surface area (TPSA) is 0 Å². The third-order valence-corrected chi connectivity index (χ3v) is 5.43. The van der Waals surface area contributed by atoms with Crippen LogP contribution in [0.25, 0.3) is 0 Å². The summed E-state index contributed by atoms with van der Waals surface area (Å²) in [5.74, 6) is 0. The Kier molecular flexibility index (Phi) is 7.45. The number of rotatable bonds is 10. The average molecular weight is 303 g/mol. The van der Waals surface area contributed by atoms with E-state index in [0.29, 0.717) is 0 Å². The van der Waals surface area contributed by atoms with E-state index in [1.807, 2.05) is 0 Å². The highest BCUT2D eigenvalue weighted by Gasteiger charge is 2.25. The molecule has 1 aliphatic heterocycles. The van der Waals surface area contributed by atoms with E-state index in [0.717, 1.165) is 0 Å². The second-order valence-electron chi connectivity index (χ2n) is 7.58. The first kappa shape index (κ1) is 17.5. The Morgan fingerprint density at radius 2 is 1.32 bits per heavy atom. The molecule has 1 saturated heterocycles. The van der Waals surface area contributed by atoms with Crippen molar-refractivity contribution in [2.75, 3.05) is 26.7 Å². The van der Waals surface area contributed by atoms with E-state index >= 15 is 0 Å². The van der Waals surface area contributed by atoms with Crippen molar-refractivity contribution in [3.63, 3.8) is 0 Å². The van der Waals surface area contributed by atoms with Crippen molar-refractivity contribution in [3.8, 4) is 0 Å². The van der Waals surface area contributed by atoms with Crippen molar-refractivity contribution in [1.82, 2.24) is 0 Å². The summed E-state index contributed by atoms with van der Waals surface area (Å²) in [6.07, 6.45) is 13.7. The molecular formula is C21H36N+. The van der Waals surface area contributed by atoms with Crippen LogP contribution in [-0.4, -0.2) is 31.2 Å². The van der Waals surface area contributed by atoms with Crippen molar-refractivity contribution in [3.05, 3.63) is 35.4 Å². The van der Waals surface area contributed by atoms with Crippen LogP contribution in [0.3, 0.4) is 0 Å². The van der Waals surface area contributed by atoms with E-state index in [2.05, 4.69) is 38.2 Å². The highest BCUT2D eigenvalue weighted by atomic mass is 15.3. The molecule has 1 aromatic carbocycles. The van der Waals surface area contributed by atoms with Crippen LogP contribution in [0.1, 0.15) is 69.4 Å². The van der Waals surface area contributed by atoms with Gasteiger partial charge in [0.2, 0.25) is 0 Å². The van der Waals surface area contributed by atoms with Gasteiger partial charge in [-0.1, -0.05) is 63.3 Å². The normalized spacial score (nSPS) is 17.0. The molecule has 1 heteroatoms. The van der Waals surface area contributed by atoms with Gasteiger partial charge in [0.05, 0.1) is 26.7 Å². The summed E-state index contributed by atoms with van der Waals surface area (Å²) in [5, 5.41) is 0. The summed E-state index contributed by atoms with van der Waals surface area (Å²) < 4.78 is 1.29. The van der Waals surface area contributed by atoms with Crippen molar-refractivity contribution >= 4 is 0 Å². The number of quaternary nitrogens is 1. The Labute approximate surface area is 138 Å². The van der Waals surface area contributed by atoms with Crippen LogP contribution in [0.5, 0.6) is 0 Å². The molecule has 0 bridgehead atoms. The lowest BCUT2D eigenvalue weighted by Crippen LogP contribution is -2.42. The highest BCUT2D eigenvalue weighted by Crippen LogP contribution is 2.18. The molecule has 0 aromatic heterocycles. The second kappa shape index (κ2) is 9.35. The quantitative estimate of drug-likeness (QED) is 0.402. The van der Waals surface area contributed by atoms with Crippen LogP contribution < -0.4 is 0 Å². The van der Waals surface area contributed by atoms with E-state index in [1.165, 1.54) is 99.5 Å². The fourth-order valence-corrected chi connectivity index (χ4v) is 3.70. The maximum Gasteiger partial charge on any atom is 0.0825 e. The second-order valence-corrected chi connectivity index (χ2v) is 7.58. The van der Waals surface area contributed by atoms with Gasteiger partial charge in [0.25, 0.3) is 0 Å². The number of hydrogen-bond donors (Lipinski definition) is 0. The third kappa shape index (κ3) is 6.12. The van der Waals surface area contributed by atoms with Crippen LogP contribution in [0.2, 0.25) is 0 Å². The fraction of sp³-hybridized carbons (Fsp3) is 0.714. The van der Waals surface area contributed by atoms with Gasteiger partial charge in [0.1, 0.15) is 0 Å². The molecule has 1 fully saturated rings. The molecule has 0 unspecified atom stereocenters. The van der Waals surface area contributed by atoms with Gasteiger partial charge >= 0.3 is 0 Å². The minimum atomic E-state index is 1.24. The molecule has 0 N–H and O–H groups in total. The zero-order valence-electron chi connectivity index (χ0n) is 14.9. The van der Waals surface area contributed by atoms with E-state index in [1.54, 1.807) is 0 Å². The van der Waals surface area contributed by atoms with Gasteiger partial charge < -0.3 is 4.48 Å². The van der Waals surface area contributed by atoms with Crippen molar-refractivity contribution in [2.24, 2.45) is 0 Å². The molecule has 1 heterocycles. The van der Waals surface area contributed by atoms with Gasteiger partial charge in [-0.3, -0.25) is 0 Å². The van der Waals surface area contributed by atoms with Gasteiger partial charge in [0, 0.05) is 19.3 Å². The van der Waals surface area contributed by atoms with Crippen LogP contribution >= 0.6 is 0 Å². The number of aryl methyl sites for hydroxylation is 1. The molecule has 1 nitrogen and oxygen atoms in total. The lowest BCUT2D eigenvalue weighted by atomic mass is 10.0. The summed E-state index contributed by atoms with van der Waals surface area (Å²) in [6, 6.07) is 9.47. The molecule has 0 spiro atoms. The SMILES string of the molecule is CCCCCCCCc1ccc(CC[N+]2(C)CCCC2)cc1. The highest BCUT2D eigenvalue weighted by molar-refractivity contribution is 5.22.